The van der Waals surface area contributed by atoms with Crippen LogP contribution in [0.4, 0.5) is 4.79 Å². The Morgan fingerprint density at radius 3 is 2.35 bits per heavy atom. The molecule has 2 N–H and O–H groups in total. The number of nitrogens with one attached hydrogen (secondary N) is 2. The molecular formula is C18H23N3O5. The summed E-state index contributed by atoms with van der Waals surface area (Å²) in [6.07, 6.45) is 0. The molecule has 0 radical (unpaired) electrons. The number of methoxy groups -OCH3 is 2. The second-order valence-corrected chi connectivity index (χ2v) is 6.12. The van der Waals surface area contributed by atoms with Crippen molar-refractivity contribution in [2.45, 2.75) is 13.0 Å². The second-order valence-electron chi connectivity index (χ2n) is 6.12. The van der Waals surface area contributed by atoms with Crippen LogP contribution in [0.2, 0.25) is 0 Å². The van der Waals surface area contributed by atoms with Gasteiger partial charge in [0.1, 0.15) is 11.5 Å². The van der Waals surface area contributed by atoms with Crippen molar-refractivity contribution >= 4 is 11.9 Å². The van der Waals surface area contributed by atoms with E-state index in [-0.39, 0.29) is 11.9 Å². The Kier molecular flexibility index (Phi) is 5.32. The number of allylic oxidation sites excluding steroid dienone is 1. The summed E-state index contributed by atoms with van der Waals surface area (Å²) < 4.78 is 16.0. The van der Waals surface area contributed by atoms with Gasteiger partial charge >= 0.3 is 6.03 Å². The summed E-state index contributed by atoms with van der Waals surface area (Å²) in [7, 11) is 3.11. The van der Waals surface area contributed by atoms with Gasteiger partial charge in [-0.1, -0.05) is 0 Å². The number of hydrogen-bond acceptors (Lipinski definition) is 5. The third kappa shape index (κ3) is 3.60. The maximum absolute atomic E-state index is 13.1. The minimum Gasteiger partial charge on any atom is -0.497 e. The highest BCUT2D eigenvalue weighted by Gasteiger charge is 2.34. The second kappa shape index (κ2) is 7.65. The molecule has 0 aromatic heterocycles. The number of carbonyl (C=O) groups is 2. The van der Waals surface area contributed by atoms with Gasteiger partial charge in [0.15, 0.2) is 0 Å². The largest absolute Gasteiger partial charge is 0.497 e. The lowest BCUT2D eigenvalue weighted by Crippen LogP contribution is -2.49. The average molecular weight is 361 g/mol. The van der Waals surface area contributed by atoms with Crippen molar-refractivity contribution in [1.82, 2.24) is 15.5 Å². The summed E-state index contributed by atoms with van der Waals surface area (Å²) in [6, 6.07) is 4.37. The Balaban J connectivity index is 2.01. The summed E-state index contributed by atoms with van der Waals surface area (Å²) in [5.74, 6) is 1.05. The van der Waals surface area contributed by atoms with Crippen molar-refractivity contribution < 1.29 is 23.8 Å². The number of hydrogen-bond donors (Lipinski definition) is 2. The van der Waals surface area contributed by atoms with E-state index in [4.69, 9.17) is 14.2 Å². The number of amides is 3. The van der Waals surface area contributed by atoms with Gasteiger partial charge in [0, 0.05) is 24.9 Å². The molecule has 3 rings (SSSR count). The average Bonchev–Trinajstić information content (AvgIpc) is 2.67. The fourth-order valence-corrected chi connectivity index (χ4v) is 3.16. The molecule has 2 heterocycles. The molecule has 0 bridgehead atoms. The number of nitrogens with zero attached hydrogens (tertiary/aromatic N) is 1. The Morgan fingerprint density at radius 1 is 1.15 bits per heavy atom. The minimum atomic E-state index is -0.594. The number of ether oxygens (including phenoxy) is 3. The Labute approximate surface area is 152 Å². The molecule has 8 heteroatoms. The van der Waals surface area contributed by atoms with E-state index in [2.05, 4.69) is 10.6 Å². The van der Waals surface area contributed by atoms with E-state index in [0.717, 1.165) is 0 Å². The lowest BCUT2D eigenvalue weighted by atomic mass is 9.94. The third-order valence-corrected chi connectivity index (χ3v) is 4.50. The van der Waals surface area contributed by atoms with Crippen LogP contribution in [0.15, 0.2) is 29.5 Å². The normalized spacial score (nSPS) is 20.3. The molecule has 0 saturated carbocycles. The van der Waals surface area contributed by atoms with Crippen molar-refractivity contribution in [2.24, 2.45) is 0 Å². The van der Waals surface area contributed by atoms with Gasteiger partial charge in [0.25, 0.3) is 5.91 Å². The molecule has 26 heavy (non-hydrogen) atoms. The summed E-state index contributed by atoms with van der Waals surface area (Å²) in [4.78, 5) is 26.9. The topological polar surface area (TPSA) is 89.1 Å². The van der Waals surface area contributed by atoms with Crippen LogP contribution in [0.5, 0.6) is 11.5 Å². The van der Waals surface area contributed by atoms with E-state index >= 15 is 0 Å². The molecule has 2 aliphatic heterocycles. The van der Waals surface area contributed by atoms with Crippen LogP contribution in [0.25, 0.3) is 0 Å². The van der Waals surface area contributed by atoms with E-state index in [1.807, 2.05) is 0 Å². The number of morpholine rings is 1. The monoisotopic (exact) mass is 361 g/mol. The molecule has 0 unspecified atom stereocenters. The van der Waals surface area contributed by atoms with Crippen molar-refractivity contribution in [1.29, 1.82) is 0 Å². The van der Waals surface area contributed by atoms with Crippen LogP contribution < -0.4 is 20.1 Å². The van der Waals surface area contributed by atoms with E-state index in [0.29, 0.717) is 54.6 Å². The molecule has 0 aliphatic carbocycles. The van der Waals surface area contributed by atoms with E-state index in [9.17, 15) is 9.59 Å². The zero-order chi connectivity index (χ0) is 18.7. The zero-order valence-electron chi connectivity index (χ0n) is 15.1. The SMILES string of the molecule is COc1cc(OC)cc([C@H]2NC(=O)NC(C)=C2C(=O)N2CCOCC2)c1. The predicted molar refractivity (Wildman–Crippen MR) is 94.1 cm³/mol. The van der Waals surface area contributed by atoms with Crippen molar-refractivity contribution in [3.05, 3.63) is 35.0 Å². The summed E-state index contributed by atoms with van der Waals surface area (Å²) >= 11 is 0. The van der Waals surface area contributed by atoms with E-state index in [1.54, 1.807) is 44.2 Å². The van der Waals surface area contributed by atoms with Crippen molar-refractivity contribution in [3.63, 3.8) is 0 Å². The highest BCUT2D eigenvalue weighted by molar-refractivity contribution is 5.98. The van der Waals surface area contributed by atoms with Gasteiger partial charge in [-0.3, -0.25) is 4.79 Å². The van der Waals surface area contributed by atoms with Gasteiger partial charge in [0.05, 0.1) is 39.0 Å². The summed E-state index contributed by atoms with van der Waals surface area (Å²) in [6.45, 7) is 3.80. The van der Waals surface area contributed by atoms with Crippen LogP contribution in [0.3, 0.4) is 0 Å². The predicted octanol–water partition coefficient (Wildman–Crippen LogP) is 1.19. The first-order valence-electron chi connectivity index (χ1n) is 8.41. The highest BCUT2D eigenvalue weighted by Crippen LogP contribution is 2.33. The first-order valence-corrected chi connectivity index (χ1v) is 8.41. The molecule has 1 aromatic carbocycles. The molecule has 1 atom stereocenters. The lowest BCUT2D eigenvalue weighted by molar-refractivity contribution is -0.131. The number of benzene rings is 1. The first kappa shape index (κ1) is 18.1. The molecule has 0 spiro atoms. The molecule has 140 valence electrons. The number of urea groups is 1. The fraction of sp³-hybridized carbons (Fsp3) is 0.444. The fourth-order valence-electron chi connectivity index (χ4n) is 3.16. The third-order valence-electron chi connectivity index (χ3n) is 4.50. The lowest BCUT2D eigenvalue weighted by Gasteiger charge is -2.34. The summed E-state index contributed by atoms with van der Waals surface area (Å²) in [5, 5.41) is 5.53. The molecule has 1 saturated heterocycles. The van der Waals surface area contributed by atoms with Crippen molar-refractivity contribution in [3.8, 4) is 11.5 Å². The quantitative estimate of drug-likeness (QED) is 0.841. The van der Waals surface area contributed by atoms with Crippen molar-refractivity contribution in [2.75, 3.05) is 40.5 Å². The minimum absolute atomic E-state index is 0.120. The van der Waals surface area contributed by atoms with Gasteiger partial charge in [0.2, 0.25) is 0 Å². The maximum Gasteiger partial charge on any atom is 0.319 e. The van der Waals surface area contributed by atoms with Crippen LogP contribution in [0.1, 0.15) is 18.5 Å². The maximum atomic E-state index is 13.1. The van der Waals surface area contributed by atoms with Gasteiger partial charge < -0.3 is 29.7 Å². The van der Waals surface area contributed by atoms with Gasteiger partial charge in [-0.2, -0.15) is 0 Å². The zero-order valence-corrected chi connectivity index (χ0v) is 15.1. The molecular weight excluding hydrogens is 338 g/mol. The Bertz CT molecular complexity index is 718. The Morgan fingerprint density at radius 2 is 1.77 bits per heavy atom. The molecule has 2 aliphatic rings. The van der Waals surface area contributed by atoms with Crippen LogP contribution in [-0.2, 0) is 9.53 Å². The molecule has 1 fully saturated rings. The standard InChI is InChI=1S/C18H23N3O5/c1-11-15(17(22)21-4-6-26-7-5-21)16(20-18(23)19-11)12-8-13(24-2)10-14(9-12)25-3/h8-10,16H,4-7H2,1-3H3,(H2,19,20,23)/t16-/m1/s1. The summed E-state index contributed by atoms with van der Waals surface area (Å²) in [5.41, 5.74) is 1.76. The molecule has 1 aromatic rings. The van der Waals surface area contributed by atoms with Crippen LogP contribution in [0, 0.1) is 0 Å². The van der Waals surface area contributed by atoms with Gasteiger partial charge in [-0.15, -0.1) is 0 Å². The Hall–Kier alpha value is -2.74. The molecule has 3 amide bonds. The molecule has 8 nitrogen and oxygen atoms in total. The van der Waals surface area contributed by atoms with E-state index in [1.165, 1.54) is 0 Å². The van der Waals surface area contributed by atoms with Gasteiger partial charge in [-0.25, -0.2) is 4.79 Å². The van der Waals surface area contributed by atoms with Crippen LogP contribution >= 0.6 is 0 Å². The smallest absolute Gasteiger partial charge is 0.319 e. The number of carbonyl (C=O) groups excluding carboxylic acids is 2. The van der Waals surface area contributed by atoms with Crippen LogP contribution in [-0.4, -0.2) is 57.4 Å². The van der Waals surface area contributed by atoms with Gasteiger partial charge in [-0.05, 0) is 24.6 Å². The first-order chi connectivity index (χ1) is 12.5. The van der Waals surface area contributed by atoms with E-state index < -0.39 is 6.04 Å². The highest BCUT2D eigenvalue weighted by atomic mass is 16.5. The number of rotatable bonds is 4.